The normalized spacial score (nSPS) is 13.1. The van der Waals surface area contributed by atoms with Crippen molar-refractivity contribution in [2.45, 2.75) is 45.2 Å². The first-order valence-corrected chi connectivity index (χ1v) is 9.22. The van der Waals surface area contributed by atoms with Crippen molar-refractivity contribution >= 4 is 17.5 Å². The molecule has 1 amide bonds. The van der Waals surface area contributed by atoms with Crippen LogP contribution in [0.4, 0.5) is 13.2 Å². The Labute approximate surface area is 175 Å². The third-order valence-electron chi connectivity index (χ3n) is 3.88. The van der Waals surface area contributed by atoms with E-state index in [0.717, 1.165) is 6.07 Å². The predicted octanol–water partition coefficient (Wildman–Crippen LogP) is 4.27. The van der Waals surface area contributed by atoms with Crippen LogP contribution in [0, 0.1) is 11.3 Å². The topological polar surface area (TPSA) is 97.1 Å². The first-order valence-electron chi connectivity index (χ1n) is 8.84. The largest absolute Gasteiger partial charge is 0.573 e. The minimum absolute atomic E-state index is 0.130. The molecule has 2 rings (SSSR count). The molecule has 0 saturated carbocycles. The third-order valence-corrected chi connectivity index (χ3v) is 4.09. The number of benzene rings is 1. The molecule has 30 heavy (non-hydrogen) atoms. The average molecular weight is 443 g/mol. The molecule has 0 radical (unpaired) electrons. The summed E-state index contributed by atoms with van der Waals surface area (Å²) in [5.74, 6) is -0.894. The van der Waals surface area contributed by atoms with E-state index in [1.165, 1.54) is 24.3 Å². The van der Waals surface area contributed by atoms with Gasteiger partial charge in [0.25, 0.3) is 5.91 Å². The van der Waals surface area contributed by atoms with Crippen LogP contribution in [-0.4, -0.2) is 34.6 Å². The maximum atomic E-state index is 12.5. The lowest BCUT2D eigenvalue weighted by Gasteiger charge is -2.19. The number of hydrogen-bond acceptors (Lipinski definition) is 6. The lowest BCUT2D eigenvalue weighted by molar-refractivity contribution is -0.274. The van der Waals surface area contributed by atoms with Gasteiger partial charge < -0.3 is 14.8 Å². The minimum Gasteiger partial charge on any atom is -0.491 e. The molecule has 2 aromatic rings. The summed E-state index contributed by atoms with van der Waals surface area (Å²) in [7, 11) is 0. The molecule has 0 unspecified atom stereocenters. The van der Waals surface area contributed by atoms with Gasteiger partial charge in [-0.15, -0.1) is 23.4 Å². The summed E-state index contributed by atoms with van der Waals surface area (Å²) in [6.45, 7) is 3.53. The van der Waals surface area contributed by atoms with Crippen LogP contribution in [0.2, 0.25) is 5.15 Å². The summed E-state index contributed by atoms with van der Waals surface area (Å²) < 4.78 is 46.9. The zero-order chi connectivity index (χ0) is 22.3. The van der Waals surface area contributed by atoms with Gasteiger partial charge in [0.05, 0.1) is 11.7 Å². The van der Waals surface area contributed by atoms with Gasteiger partial charge in [-0.25, -0.2) is 0 Å². The van der Waals surface area contributed by atoms with Crippen molar-refractivity contribution in [2.75, 3.05) is 0 Å². The number of ether oxygens (including phenoxy) is 2. The van der Waals surface area contributed by atoms with Gasteiger partial charge in [-0.1, -0.05) is 11.6 Å². The van der Waals surface area contributed by atoms with Crippen LogP contribution in [0.3, 0.4) is 0 Å². The highest BCUT2D eigenvalue weighted by Crippen LogP contribution is 2.30. The maximum absolute atomic E-state index is 12.5. The summed E-state index contributed by atoms with van der Waals surface area (Å²) in [5, 5.41) is 19.2. The van der Waals surface area contributed by atoms with E-state index in [-0.39, 0.29) is 34.3 Å². The Morgan fingerprint density at radius 3 is 2.57 bits per heavy atom. The number of halogens is 4. The highest BCUT2D eigenvalue weighted by molar-refractivity contribution is 6.29. The van der Waals surface area contributed by atoms with Gasteiger partial charge in [-0.05, 0) is 51.0 Å². The van der Waals surface area contributed by atoms with Crippen molar-refractivity contribution in [3.8, 4) is 17.6 Å². The summed E-state index contributed by atoms with van der Waals surface area (Å²) in [6.07, 6.45) is -4.25. The summed E-state index contributed by atoms with van der Waals surface area (Å²) in [4.78, 5) is 12.1. The second kappa shape index (κ2) is 10.1. The molecule has 1 aromatic carbocycles. The molecule has 0 spiro atoms. The molecule has 0 fully saturated rings. The van der Waals surface area contributed by atoms with Crippen molar-refractivity contribution in [3.63, 3.8) is 0 Å². The first kappa shape index (κ1) is 23.2. The van der Waals surface area contributed by atoms with Gasteiger partial charge in [0, 0.05) is 12.1 Å². The van der Waals surface area contributed by atoms with Crippen molar-refractivity contribution in [1.29, 1.82) is 5.26 Å². The van der Waals surface area contributed by atoms with E-state index in [9.17, 15) is 18.0 Å². The Morgan fingerprint density at radius 1 is 1.23 bits per heavy atom. The lowest BCUT2D eigenvalue weighted by atomic mass is 10.1. The number of alkyl halides is 3. The number of carbonyl (C=O) groups excluding carboxylic acids is 1. The number of nitriles is 1. The second-order valence-corrected chi connectivity index (χ2v) is 6.83. The molecule has 7 nitrogen and oxygen atoms in total. The zero-order valence-electron chi connectivity index (χ0n) is 16.0. The first-order chi connectivity index (χ1) is 14.1. The van der Waals surface area contributed by atoms with Crippen LogP contribution in [0.1, 0.15) is 42.7 Å². The predicted molar refractivity (Wildman–Crippen MR) is 101 cm³/mol. The highest BCUT2D eigenvalue weighted by atomic mass is 35.5. The van der Waals surface area contributed by atoms with E-state index in [2.05, 4.69) is 20.3 Å². The molecule has 160 valence electrons. The zero-order valence-corrected chi connectivity index (χ0v) is 16.8. The molecule has 0 bridgehead atoms. The van der Waals surface area contributed by atoms with Crippen molar-refractivity contribution in [2.24, 2.45) is 0 Å². The highest BCUT2D eigenvalue weighted by Gasteiger charge is 2.32. The fourth-order valence-electron chi connectivity index (χ4n) is 2.46. The van der Waals surface area contributed by atoms with Gasteiger partial charge in [0.1, 0.15) is 11.8 Å². The average Bonchev–Trinajstić information content (AvgIpc) is 2.66. The van der Waals surface area contributed by atoms with E-state index in [1.54, 1.807) is 19.9 Å². The number of nitrogens with zero attached hydrogens (tertiary/aromatic N) is 3. The Morgan fingerprint density at radius 2 is 1.97 bits per heavy atom. The van der Waals surface area contributed by atoms with Crippen molar-refractivity contribution < 1.29 is 27.4 Å². The molecule has 0 aliphatic heterocycles. The molecular weight excluding hydrogens is 425 g/mol. The van der Waals surface area contributed by atoms with Gasteiger partial charge in [0.2, 0.25) is 0 Å². The SMILES string of the molecule is C[C@@H](CC[C@H](C)Oc1ccc(C#N)c(OC(F)(F)F)c1)NC(=O)c1ccc(Cl)nn1. The Hall–Kier alpha value is -3.06. The number of nitrogens with one attached hydrogen (secondary N) is 1. The van der Waals surface area contributed by atoms with Crippen LogP contribution in [-0.2, 0) is 0 Å². The van der Waals surface area contributed by atoms with Crippen LogP contribution >= 0.6 is 11.6 Å². The molecule has 0 aliphatic carbocycles. The Kier molecular flexibility index (Phi) is 7.83. The van der Waals surface area contributed by atoms with Crippen molar-refractivity contribution in [1.82, 2.24) is 15.5 Å². The molecule has 2 atom stereocenters. The molecule has 1 aromatic heterocycles. The monoisotopic (exact) mass is 442 g/mol. The Bertz CT molecular complexity index is 917. The molecule has 1 heterocycles. The molecule has 11 heteroatoms. The van der Waals surface area contributed by atoms with Gasteiger partial charge in [-0.3, -0.25) is 4.79 Å². The van der Waals surface area contributed by atoms with E-state index in [4.69, 9.17) is 21.6 Å². The minimum atomic E-state index is -4.92. The molecular formula is C19H18ClF3N4O3. The summed E-state index contributed by atoms with van der Waals surface area (Å²) in [5.41, 5.74) is -0.126. The van der Waals surface area contributed by atoms with Crippen LogP contribution in [0.15, 0.2) is 30.3 Å². The Balaban J connectivity index is 1.88. The molecule has 1 N–H and O–H groups in total. The van der Waals surface area contributed by atoms with Crippen LogP contribution in [0.25, 0.3) is 0 Å². The molecule has 0 saturated heterocycles. The van der Waals surface area contributed by atoms with E-state index < -0.39 is 18.0 Å². The number of rotatable bonds is 8. The van der Waals surface area contributed by atoms with Crippen LogP contribution < -0.4 is 14.8 Å². The quantitative estimate of drug-likeness (QED) is 0.655. The summed E-state index contributed by atoms with van der Waals surface area (Å²) >= 11 is 5.63. The van der Waals surface area contributed by atoms with Gasteiger partial charge in [0.15, 0.2) is 16.6 Å². The third kappa shape index (κ3) is 7.40. The van der Waals surface area contributed by atoms with E-state index in [0.29, 0.717) is 12.8 Å². The summed E-state index contributed by atoms with van der Waals surface area (Å²) in [6, 6.07) is 7.93. The number of carbonyl (C=O) groups is 1. The van der Waals surface area contributed by atoms with Crippen molar-refractivity contribution in [3.05, 3.63) is 46.7 Å². The fourth-order valence-corrected chi connectivity index (χ4v) is 2.56. The second-order valence-electron chi connectivity index (χ2n) is 6.44. The fraction of sp³-hybridized carbons (Fsp3) is 0.368. The smallest absolute Gasteiger partial charge is 0.491 e. The standard InChI is InChI=1S/C19H18ClF3N4O3/c1-11(25-18(28)15-7-8-17(20)27-26-15)3-4-12(2)29-14-6-5-13(10-24)16(9-14)30-19(21,22)23/h5-9,11-12H,3-4H2,1-2H3,(H,25,28)/t11-,12-/m0/s1. The lowest BCUT2D eigenvalue weighted by Crippen LogP contribution is -2.34. The number of amides is 1. The van der Waals surface area contributed by atoms with Gasteiger partial charge in [-0.2, -0.15) is 5.26 Å². The number of hydrogen-bond donors (Lipinski definition) is 1. The maximum Gasteiger partial charge on any atom is 0.573 e. The number of aromatic nitrogens is 2. The van der Waals surface area contributed by atoms with Crippen LogP contribution in [0.5, 0.6) is 11.5 Å². The molecule has 0 aliphatic rings. The van der Waals surface area contributed by atoms with E-state index >= 15 is 0 Å². The van der Waals surface area contributed by atoms with E-state index in [1.807, 2.05) is 0 Å². The van der Waals surface area contributed by atoms with Gasteiger partial charge >= 0.3 is 6.36 Å².